The fraction of sp³-hybridized carbons (Fsp3) is 0.455. The topological polar surface area (TPSA) is 88.0 Å². The first-order valence-corrected chi connectivity index (χ1v) is 5.40. The minimum absolute atomic E-state index is 0.0341. The van der Waals surface area contributed by atoms with Crippen molar-refractivity contribution in [1.29, 1.82) is 0 Å². The molecular weight excluding hydrogens is 206 g/mol. The van der Waals surface area contributed by atoms with E-state index in [1.165, 1.54) is 12.3 Å². The zero-order chi connectivity index (χ0) is 11.5. The molecule has 1 saturated carbocycles. The summed E-state index contributed by atoms with van der Waals surface area (Å²) in [6.07, 6.45) is 3.71. The van der Waals surface area contributed by atoms with E-state index >= 15 is 0 Å². The van der Waals surface area contributed by atoms with Gasteiger partial charge in [0, 0.05) is 30.4 Å². The van der Waals surface area contributed by atoms with Gasteiger partial charge >= 0.3 is 0 Å². The highest BCUT2D eigenvalue weighted by molar-refractivity contribution is 5.94. The molecule has 0 spiro atoms. The van der Waals surface area contributed by atoms with Crippen LogP contribution in [-0.2, 0) is 0 Å². The third-order valence-corrected chi connectivity index (χ3v) is 2.80. The van der Waals surface area contributed by atoms with E-state index in [1.807, 2.05) is 0 Å². The number of rotatable bonds is 4. The van der Waals surface area contributed by atoms with Gasteiger partial charge in [-0.3, -0.25) is 9.59 Å². The van der Waals surface area contributed by atoms with Gasteiger partial charge in [0.25, 0.3) is 5.91 Å². The van der Waals surface area contributed by atoms with Crippen molar-refractivity contribution in [3.05, 3.63) is 34.2 Å². The van der Waals surface area contributed by atoms with Gasteiger partial charge in [0.05, 0.1) is 0 Å². The summed E-state index contributed by atoms with van der Waals surface area (Å²) in [5.41, 5.74) is 5.69. The maximum atomic E-state index is 11.8. The molecule has 0 bridgehead atoms. The number of pyridine rings is 1. The Morgan fingerprint density at radius 3 is 2.94 bits per heavy atom. The highest BCUT2D eigenvalue weighted by Gasteiger charge is 2.31. The summed E-state index contributed by atoms with van der Waals surface area (Å²) in [7, 11) is 0. The lowest BCUT2D eigenvalue weighted by molar-refractivity contribution is 0.0933. The van der Waals surface area contributed by atoms with Gasteiger partial charge in [-0.15, -0.1) is 0 Å². The molecule has 1 fully saturated rings. The zero-order valence-electron chi connectivity index (χ0n) is 8.90. The van der Waals surface area contributed by atoms with Crippen LogP contribution < -0.4 is 16.6 Å². The summed E-state index contributed by atoms with van der Waals surface area (Å²) in [4.78, 5) is 25.3. The molecule has 0 radical (unpaired) electrons. The van der Waals surface area contributed by atoms with Gasteiger partial charge in [-0.2, -0.15) is 0 Å². The van der Waals surface area contributed by atoms with Gasteiger partial charge in [0.1, 0.15) is 0 Å². The molecule has 4 N–H and O–H groups in total. The van der Waals surface area contributed by atoms with Crippen LogP contribution in [0.3, 0.4) is 0 Å². The highest BCUT2D eigenvalue weighted by Crippen LogP contribution is 2.32. The number of nitrogens with one attached hydrogen (secondary N) is 2. The highest BCUT2D eigenvalue weighted by atomic mass is 16.2. The second kappa shape index (κ2) is 4.49. The Hall–Kier alpha value is -1.62. The maximum Gasteiger partial charge on any atom is 0.251 e. The normalized spacial score (nSPS) is 16.8. The van der Waals surface area contributed by atoms with Crippen molar-refractivity contribution < 1.29 is 4.79 Å². The molecule has 1 aromatic heterocycles. The maximum absolute atomic E-state index is 11.8. The molecule has 0 saturated heterocycles. The Morgan fingerprint density at radius 2 is 2.38 bits per heavy atom. The van der Waals surface area contributed by atoms with Crippen LogP contribution in [0.25, 0.3) is 0 Å². The molecule has 1 amide bonds. The minimum atomic E-state index is -0.275. The quantitative estimate of drug-likeness (QED) is 0.660. The van der Waals surface area contributed by atoms with Crippen molar-refractivity contribution in [1.82, 2.24) is 10.3 Å². The fourth-order valence-corrected chi connectivity index (χ4v) is 1.71. The van der Waals surface area contributed by atoms with Crippen LogP contribution in [0.4, 0.5) is 0 Å². The van der Waals surface area contributed by atoms with Crippen LogP contribution in [0.15, 0.2) is 23.1 Å². The van der Waals surface area contributed by atoms with E-state index in [1.54, 1.807) is 6.07 Å². The predicted octanol–water partition coefficient (Wildman–Crippen LogP) is -0.158. The van der Waals surface area contributed by atoms with Crippen LogP contribution in [0.2, 0.25) is 0 Å². The molecule has 2 rings (SSSR count). The van der Waals surface area contributed by atoms with E-state index in [0.29, 0.717) is 18.0 Å². The molecule has 1 aliphatic carbocycles. The summed E-state index contributed by atoms with van der Waals surface area (Å²) in [5.74, 6) is 0.282. The third kappa shape index (κ3) is 2.49. The SMILES string of the molecule is NCC(NC(=O)c1cc[nH]c(=O)c1)C1CC1. The minimum Gasteiger partial charge on any atom is -0.348 e. The van der Waals surface area contributed by atoms with Crippen LogP contribution in [0.5, 0.6) is 0 Å². The van der Waals surface area contributed by atoms with E-state index in [0.717, 1.165) is 12.8 Å². The first-order chi connectivity index (χ1) is 7.70. The smallest absolute Gasteiger partial charge is 0.251 e. The zero-order valence-corrected chi connectivity index (χ0v) is 8.90. The Balaban J connectivity index is 2.04. The first kappa shape index (κ1) is 10.9. The lowest BCUT2D eigenvalue weighted by Gasteiger charge is -2.15. The van der Waals surface area contributed by atoms with Gasteiger partial charge in [0.15, 0.2) is 0 Å². The van der Waals surface area contributed by atoms with Crippen molar-refractivity contribution in [2.24, 2.45) is 11.7 Å². The molecule has 1 aromatic rings. The van der Waals surface area contributed by atoms with E-state index in [-0.39, 0.29) is 17.5 Å². The lowest BCUT2D eigenvalue weighted by atomic mass is 10.1. The Bertz CT molecular complexity index is 437. The van der Waals surface area contributed by atoms with Crippen molar-refractivity contribution in [2.75, 3.05) is 6.54 Å². The van der Waals surface area contributed by atoms with Crippen LogP contribution >= 0.6 is 0 Å². The van der Waals surface area contributed by atoms with Crippen LogP contribution in [-0.4, -0.2) is 23.5 Å². The molecule has 5 nitrogen and oxygen atoms in total. The lowest BCUT2D eigenvalue weighted by Crippen LogP contribution is -2.41. The monoisotopic (exact) mass is 221 g/mol. The molecule has 16 heavy (non-hydrogen) atoms. The molecule has 1 atom stereocenters. The molecule has 1 heterocycles. The summed E-state index contributed by atoms with van der Waals surface area (Å²) < 4.78 is 0. The summed E-state index contributed by atoms with van der Waals surface area (Å²) in [6, 6.07) is 2.90. The number of carbonyl (C=O) groups is 1. The van der Waals surface area contributed by atoms with E-state index in [2.05, 4.69) is 10.3 Å². The van der Waals surface area contributed by atoms with Gasteiger partial charge in [-0.05, 0) is 24.8 Å². The van der Waals surface area contributed by atoms with Crippen LogP contribution in [0, 0.1) is 5.92 Å². The summed E-state index contributed by atoms with van der Waals surface area (Å²) >= 11 is 0. The number of H-pyrrole nitrogens is 1. The molecule has 86 valence electrons. The standard InChI is InChI=1S/C11H15N3O2/c12-6-9(7-1-2-7)14-11(16)8-3-4-13-10(15)5-8/h3-5,7,9H,1-2,6,12H2,(H,13,15)(H,14,16). The average Bonchev–Trinajstić information content (AvgIpc) is 3.09. The van der Waals surface area contributed by atoms with Gasteiger partial charge < -0.3 is 16.0 Å². The third-order valence-electron chi connectivity index (χ3n) is 2.80. The second-order valence-corrected chi connectivity index (χ2v) is 4.09. The molecular formula is C11H15N3O2. The number of hydrogen-bond donors (Lipinski definition) is 3. The van der Waals surface area contributed by atoms with E-state index < -0.39 is 0 Å². The number of amides is 1. The predicted molar refractivity (Wildman–Crippen MR) is 60.1 cm³/mol. The number of hydrogen-bond acceptors (Lipinski definition) is 3. The van der Waals surface area contributed by atoms with Crippen LogP contribution in [0.1, 0.15) is 23.2 Å². The molecule has 0 aliphatic heterocycles. The van der Waals surface area contributed by atoms with Gasteiger partial charge in [-0.1, -0.05) is 0 Å². The summed E-state index contributed by atoms with van der Waals surface area (Å²) in [5, 5.41) is 2.86. The summed E-state index contributed by atoms with van der Waals surface area (Å²) in [6.45, 7) is 0.444. The van der Waals surface area contributed by atoms with Crippen molar-refractivity contribution in [3.8, 4) is 0 Å². The van der Waals surface area contributed by atoms with Crippen molar-refractivity contribution in [3.63, 3.8) is 0 Å². The Labute approximate surface area is 93.0 Å². The number of aromatic nitrogens is 1. The van der Waals surface area contributed by atoms with E-state index in [9.17, 15) is 9.59 Å². The largest absolute Gasteiger partial charge is 0.348 e. The van der Waals surface area contributed by atoms with Gasteiger partial charge in [-0.25, -0.2) is 0 Å². The van der Waals surface area contributed by atoms with E-state index in [4.69, 9.17) is 5.73 Å². The molecule has 1 aliphatic rings. The number of carbonyl (C=O) groups excluding carboxylic acids is 1. The number of aromatic amines is 1. The molecule has 1 unspecified atom stereocenters. The Morgan fingerprint density at radius 1 is 1.62 bits per heavy atom. The average molecular weight is 221 g/mol. The first-order valence-electron chi connectivity index (χ1n) is 5.40. The fourth-order valence-electron chi connectivity index (χ4n) is 1.71. The second-order valence-electron chi connectivity index (χ2n) is 4.09. The van der Waals surface area contributed by atoms with Gasteiger partial charge in [0.2, 0.25) is 5.56 Å². The molecule has 5 heteroatoms. The molecule has 0 aromatic carbocycles. The Kier molecular flexibility index (Phi) is 3.05. The van der Waals surface area contributed by atoms with Crippen molar-refractivity contribution >= 4 is 5.91 Å². The number of nitrogens with two attached hydrogens (primary N) is 1. The van der Waals surface area contributed by atoms with Crippen molar-refractivity contribution in [2.45, 2.75) is 18.9 Å².